The highest BCUT2D eigenvalue weighted by atomic mass is 79.9. The van der Waals surface area contributed by atoms with E-state index in [-0.39, 0.29) is 12.5 Å². The van der Waals surface area contributed by atoms with Gasteiger partial charge in [-0.25, -0.2) is 4.98 Å². The number of aryl methyl sites for hydroxylation is 1. The molecule has 5 nitrogen and oxygen atoms in total. The number of halogens is 1. The fourth-order valence-electron chi connectivity index (χ4n) is 1.10. The third kappa shape index (κ3) is 4.26. The first-order valence-electron chi connectivity index (χ1n) is 4.84. The second kappa shape index (κ2) is 6.57. The summed E-state index contributed by atoms with van der Waals surface area (Å²) in [4.78, 5) is 15.6. The Hall–Kier alpha value is -0.980. The smallest absolute Gasteiger partial charge is 0.250 e. The summed E-state index contributed by atoms with van der Waals surface area (Å²) in [5.74, 6) is -0.208. The second-order valence-corrected chi connectivity index (χ2v) is 3.97. The summed E-state index contributed by atoms with van der Waals surface area (Å²) in [6.45, 7) is 2.62. The van der Waals surface area contributed by atoms with E-state index in [2.05, 4.69) is 26.2 Å². The first kappa shape index (κ1) is 13.1. The zero-order valence-electron chi connectivity index (χ0n) is 9.00. The summed E-state index contributed by atoms with van der Waals surface area (Å²) in [5, 5.41) is 2.71. The normalized spacial score (nSPS) is 10.2. The standard InChI is InChI=1S/C10H14BrN3O2/c1-7-8(2-3-9(11)13-7)14-10(15)6-16-5-4-12/h2-3H,4-6,12H2,1H3,(H,14,15). The Kier molecular flexibility index (Phi) is 5.37. The zero-order chi connectivity index (χ0) is 12.0. The van der Waals surface area contributed by atoms with Crippen molar-refractivity contribution in [2.45, 2.75) is 6.92 Å². The van der Waals surface area contributed by atoms with Gasteiger partial charge < -0.3 is 15.8 Å². The van der Waals surface area contributed by atoms with Gasteiger partial charge >= 0.3 is 0 Å². The van der Waals surface area contributed by atoms with Gasteiger partial charge in [0.1, 0.15) is 11.2 Å². The molecule has 0 unspecified atom stereocenters. The lowest BCUT2D eigenvalue weighted by Gasteiger charge is -2.08. The van der Waals surface area contributed by atoms with Crippen molar-refractivity contribution < 1.29 is 9.53 Å². The molecule has 0 bridgehead atoms. The molecule has 0 saturated heterocycles. The first-order valence-corrected chi connectivity index (χ1v) is 5.63. The predicted molar refractivity (Wildman–Crippen MR) is 65.2 cm³/mol. The van der Waals surface area contributed by atoms with Crippen molar-refractivity contribution in [3.05, 3.63) is 22.4 Å². The summed E-state index contributed by atoms with van der Waals surface area (Å²) in [6, 6.07) is 3.55. The minimum Gasteiger partial charge on any atom is -0.370 e. The van der Waals surface area contributed by atoms with Crippen LogP contribution in [0.25, 0.3) is 0 Å². The second-order valence-electron chi connectivity index (χ2n) is 3.16. The van der Waals surface area contributed by atoms with Gasteiger partial charge in [-0.3, -0.25) is 4.79 Å². The molecule has 0 aliphatic heterocycles. The van der Waals surface area contributed by atoms with Gasteiger partial charge in [0.25, 0.3) is 0 Å². The minimum absolute atomic E-state index is 0.00665. The number of pyridine rings is 1. The van der Waals surface area contributed by atoms with Crippen LogP contribution in [0, 0.1) is 6.92 Å². The summed E-state index contributed by atoms with van der Waals surface area (Å²) >= 11 is 3.25. The molecule has 1 aromatic heterocycles. The predicted octanol–water partition coefficient (Wildman–Crippen LogP) is 1.07. The van der Waals surface area contributed by atoms with Gasteiger partial charge in [-0.1, -0.05) is 0 Å². The largest absolute Gasteiger partial charge is 0.370 e. The third-order valence-electron chi connectivity index (χ3n) is 1.82. The number of ether oxygens (including phenoxy) is 1. The van der Waals surface area contributed by atoms with E-state index in [1.165, 1.54) is 0 Å². The van der Waals surface area contributed by atoms with E-state index in [1.54, 1.807) is 12.1 Å². The number of carbonyl (C=O) groups is 1. The maximum atomic E-state index is 11.4. The molecule has 0 atom stereocenters. The highest BCUT2D eigenvalue weighted by Gasteiger charge is 2.05. The molecule has 0 aliphatic carbocycles. The summed E-state index contributed by atoms with van der Waals surface area (Å²) < 4.78 is 5.75. The lowest BCUT2D eigenvalue weighted by atomic mass is 10.3. The highest BCUT2D eigenvalue weighted by Crippen LogP contribution is 2.15. The molecule has 1 rings (SSSR count). The van der Waals surface area contributed by atoms with E-state index in [9.17, 15) is 4.79 Å². The van der Waals surface area contributed by atoms with Crippen molar-refractivity contribution >= 4 is 27.5 Å². The fraction of sp³-hybridized carbons (Fsp3) is 0.400. The molecule has 0 aliphatic rings. The number of nitrogens with two attached hydrogens (primary N) is 1. The third-order valence-corrected chi connectivity index (χ3v) is 2.26. The van der Waals surface area contributed by atoms with Gasteiger partial charge in [0.2, 0.25) is 5.91 Å². The van der Waals surface area contributed by atoms with Gasteiger partial charge in [0.05, 0.1) is 18.0 Å². The molecule has 3 N–H and O–H groups in total. The topological polar surface area (TPSA) is 77.2 Å². The van der Waals surface area contributed by atoms with Crippen LogP contribution in [0.15, 0.2) is 16.7 Å². The molecule has 0 radical (unpaired) electrons. The summed E-state index contributed by atoms with van der Waals surface area (Å²) in [5.41, 5.74) is 6.67. The average Bonchev–Trinajstić information content (AvgIpc) is 2.23. The monoisotopic (exact) mass is 287 g/mol. The van der Waals surface area contributed by atoms with Crippen LogP contribution in [0.3, 0.4) is 0 Å². The molecule has 1 aromatic rings. The van der Waals surface area contributed by atoms with Gasteiger partial charge in [-0.2, -0.15) is 0 Å². The number of hydrogen-bond acceptors (Lipinski definition) is 4. The maximum absolute atomic E-state index is 11.4. The van der Waals surface area contributed by atoms with E-state index in [0.717, 1.165) is 10.3 Å². The van der Waals surface area contributed by atoms with Gasteiger partial charge in [-0.15, -0.1) is 0 Å². The highest BCUT2D eigenvalue weighted by molar-refractivity contribution is 9.10. The van der Waals surface area contributed by atoms with E-state index < -0.39 is 0 Å². The number of nitrogens with one attached hydrogen (secondary N) is 1. The number of nitrogens with zero attached hydrogens (tertiary/aromatic N) is 1. The Bertz CT molecular complexity index is 371. The van der Waals surface area contributed by atoms with Crippen molar-refractivity contribution in [2.24, 2.45) is 5.73 Å². The number of rotatable bonds is 5. The molecule has 0 spiro atoms. The average molecular weight is 288 g/mol. The molecular weight excluding hydrogens is 274 g/mol. The van der Waals surface area contributed by atoms with Gasteiger partial charge in [-0.05, 0) is 35.0 Å². The molecule has 88 valence electrons. The van der Waals surface area contributed by atoms with Crippen LogP contribution in [-0.4, -0.2) is 30.6 Å². The van der Waals surface area contributed by atoms with E-state index in [1.807, 2.05) is 6.92 Å². The molecule has 1 amide bonds. The van der Waals surface area contributed by atoms with Crippen LogP contribution >= 0.6 is 15.9 Å². The number of amides is 1. The van der Waals surface area contributed by atoms with Crippen LogP contribution in [0.2, 0.25) is 0 Å². The van der Waals surface area contributed by atoms with Crippen LogP contribution < -0.4 is 11.1 Å². The number of aromatic nitrogens is 1. The van der Waals surface area contributed by atoms with Gasteiger partial charge in [0.15, 0.2) is 0 Å². The summed E-state index contributed by atoms with van der Waals surface area (Å²) in [7, 11) is 0. The van der Waals surface area contributed by atoms with Crippen molar-refractivity contribution in [3.63, 3.8) is 0 Å². The number of carbonyl (C=O) groups excluding carboxylic acids is 1. The molecule has 1 heterocycles. The van der Waals surface area contributed by atoms with Crippen LogP contribution in [-0.2, 0) is 9.53 Å². The zero-order valence-corrected chi connectivity index (χ0v) is 10.6. The number of hydrogen-bond donors (Lipinski definition) is 2. The van der Waals surface area contributed by atoms with Crippen molar-refractivity contribution in [1.82, 2.24) is 4.98 Å². The van der Waals surface area contributed by atoms with Gasteiger partial charge in [0, 0.05) is 6.54 Å². The molecule has 16 heavy (non-hydrogen) atoms. The minimum atomic E-state index is -0.208. The van der Waals surface area contributed by atoms with E-state index >= 15 is 0 Å². The molecule has 0 saturated carbocycles. The first-order chi connectivity index (χ1) is 7.63. The summed E-state index contributed by atoms with van der Waals surface area (Å²) in [6.07, 6.45) is 0. The molecule has 0 fully saturated rings. The maximum Gasteiger partial charge on any atom is 0.250 e. The molecular formula is C10H14BrN3O2. The quantitative estimate of drug-likeness (QED) is 0.627. The fourth-order valence-corrected chi connectivity index (χ4v) is 1.50. The van der Waals surface area contributed by atoms with Crippen LogP contribution in [0.4, 0.5) is 5.69 Å². The van der Waals surface area contributed by atoms with E-state index in [4.69, 9.17) is 10.5 Å². The van der Waals surface area contributed by atoms with Crippen molar-refractivity contribution in [3.8, 4) is 0 Å². The van der Waals surface area contributed by atoms with Crippen molar-refractivity contribution in [2.75, 3.05) is 25.1 Å². The lowest BCUT2D eigenvalue weighted by molar-refractivity contribution is -0.120. The Morgan fingerprint density at radius 1 is 1.62 bits per heavy atom. The van der Waals surface area contributed by atoms with Crippen molar-refractivity contribution in [1.29, 1.82) is 0 Å². The Morgan fingerprint density at radius 3 is 3.00 bits per heavy atom. The SMILES string of the molecule is Cc1nc(Br)ccc1NC(=O)COCCN. The van der Waals surface area contributed by atoms with E-state index in [0.29, 0.717) is 18.8 Å². The van der Waals surface area contributed by atoms with Crippen LogP contribution in [0.5, 0.6) is 0 Å². The van der Waals surface area contributed by atoms with Crippen LogP contribution in [0.1, 0.15) is 5.69 Å². The molecule has 6 heteroatoms. The molecule has 0 aromatic carbocycles. The Morgan fingerprint density at radius 2 is 2.38 bits per heavy atom. The number of anilines is 1. The lowest BCUT2D eigenvalue weighted by Crippen LogP contribution is -2.21. The Balaban J connectivity index is 2.49. The Labute approximate surface area is 103 Å².